The third-order valence-corrected chi connectivity index (χ3v) is 4.47. The molecule has 0 atom stereocenters. The number of methoxy groups -OCH3 is 1. The highest BCUT2D eigenvalue weighted by atomic mass is 16.5. The lowest BCUT2D eigenvalue weighted by molar-refractivity contribution is -0.120. The predicted octanol–water partition coefficient (Wildman–Crippen LogP) is 2.47. The molecule has 122 valence electrons. The Morgan fingerprint density at radius 2 is 2.09 bits per heavy atom. The van der Waals surface area contributed by atoms with Crippen LogP contribution < -0.4 is 10.1 Å². The van der Waals surface area contributed by atoms with E-state index < -0.39 is 0 Å². The van der Waals surface area contributed by atoms with E-state index in [0.29, 0.717) is 18.4 Å². The fourth-order valence-corrected chi connectivity index (χ4v) is 2.96. The Labute approximate surface area is 133 Å². The second-order valence-electron chi connectivity index (χ2n) is 6.41. The molecule has 1 saturated heterocycles. The first kappa shape index (κ1) is 16.8. The smallest absolute Gasteiger partial charge is 0.224 e. The molecule has 1 fully saturated rings. The molecule has 1 heterocycles. The summed E-state index contributed by atoms with van der Waals surface area (Å²) in [5, 5.41) is 3.08. The van der Waals surface area contributed by atoms with Crippen LogP contribution >= 0.6 is 0 Å². The molecule has 0 aliphatic carbocycles. The van der Waals surface area contributed by atoms with Crippen molar-refractivity contribution in [2.24, 2.45) is 5.92 Å². The summed E-state index contributed by atoms with van der Waals surface area (Å²) in [4.78, 5) is 14.6. The van der Waals surface area contributed by atoms with E-state index in [1.54, 1.807) is 7.11 Å². The largest absolute Gasteiger partial charge is 0.497 e. The van der Waals surface area contributed by atoms with E-state index in [1.165, 1.54) is 12.8 Å². The number of amides is 1. The van der Waals surface area contributed by atoms with Gasteiger partial charge in [-0.15, -0.1) is 0 Å². The molecule has 0 spiro atoms. The molecule has 0 unspecified atom stereocenters. The zero-order valence-corrected chi connectivity index (χ0v) is 14.0. The maximum Gasteiger partial charge on any atom is 0.224 e. The lowest BCUT2D eigenvalue weighted by Crippen LogP contribution is -2.41. The minimum atomic E-state index is 0.0968. The van der Waals surface area contributed by atoms with Crippen LogP contribution in [-0.2, 0) is 11.2 Å². The molecule has 4 heteroatoms. The third-order valence-electron chi connectivity index (χ3n) is 4.47. The Bertz CT molecular complexity index is 480. The molecule has 1 aliphatic heterocycles. The number of likely N-dealkylation sites (tertiary alicyclic amines) is 1. The fraction of sp³-hybridized carbons (Fsp3) is 0.611. The standard InChI is InChI=1S/C18H28N2O2/c1-14(2)20-9-7-15(8-10-20)13-19-18(21)12-16-5-4-6-17(11-16)22-3/h4-6,11,14-15H,7-10,12-13H2,1-3H3,(H,19,21). The van der Waals surface area contributed by atoms with Crippen LogP contribution in [0.5, 0.6) is 5.75 Å². The third kappa shape index (κ3) is 5.02. The van der Waals surface area contributed by atoms with Crippen molar-refractivity contribution < 1.29 is 9.53 Å². The van der Waals surface area contributed by atoms with Gasteiger partial charge in [-0.25, -0.2) is 0 Å². The minimum absolute atomic E-state index is 0.0968. The van der Waals surface area contributed by atoms with Gasteiger partial charge in [-0.05, 0) is 63.4 Å². The molecule has 22 heavy (non-hydrogen) atoms. The molecule has 4 nitrogen and oxygen atoms in total. The highest BCUT2D eigenvalue weighted by Crippen LogP contribution is 2.18. The second-order valence-corrected chi connectivity index (χ2v) is 6.41. The molecule has 0 aromatic heterocycles. The van der Waals surface area contributed by atoms with Gasteiger partial charge in [-0.2, -0.15) is 0 Å². The number of rotatable bonds is 6. The average molecular weight is 304 g/mol. The van der Waals surface area contributed by atoms with E-state index in [2.05, 4.69) is 24.1 Å². The molecular weight excluding hydrogens is 276 g/mol. The topological polar surface area (TPSA) is 41.6 Å². The molecule has 1 aromatic rings. The zero-order chi connectivity index (χ0) is 15.9. The van der Waals surface area contributed by atoms with Crippen LogP contribution in [0.2, 0.25) is 0 Å². The van der Waals surface area contributed by atoms with Gasteiger partial charge in [-0.1, -0.05) is 12.1 Å². The quantitative estimate of drug-likeness (QED) is 0.878. The number of carbonyl (C=O) groups is 1. The number of hydrogen-bond donors (Lipinski definition) is 1. The van der Waals surface area contributed by atoms with Gasteiger partial charge >= 0.3 is 0 Å². The van der Waals surface area contributed by atoms with Crippen molar-refractivity contribution in [1.82, 2.24) is 10.2 Å². The number of ether oxygens (including phenoxy) is 1. The van der Waals surface area contributed by atoms with Gasteiger partial charge in [0.25, 0.3) is 0 Å². The fourth-order valence-electron chi connectivity index (χ4n) is 2.96. The summed E-state index contributed by atoms with van der Waals surface area (Å²) in [6, 6.07) is 8.32. The lowest BCUT2D eigenvalue weighted by atomic mass is 9.96. The van der Waals surface area contributed by atoms with Crippen molar-refractivity contribution >= 4 is 5.91 Å². The first-order valence-electron chi connectivity index (χ1n) is 8.22. The van der Waals surface area contributed by atoms with Crippen LogP contribution in [0.1, 0.15) is 32.3 Å². The number of hydrogen-bond acceptors (Lipinski definition) is 3. The van der Waals surface area contributed by atoms with Gasteiger partial charge in [0.2, 0.25) is 5.91 Å². The molecule has 1 amide bonds. The van der Waals surface area contributed by atoms with Crippen molar-refractivity contribution in [3.8, 4) is 5.75 Å². The highest BCUT2D eigenvalue weighted by Gasteiger charge is 2.21. The van der Waals surface area contributed by atoms with Crippen LogP contribution in [0, 0.1) is 5.92 Å². The van der Waals surface area contributed by atoms with E-state index in [1.807, 2.05) is 24.3 Å². The predicted molar refractivity (Wildman–Crippen MR) is 89.1 cm³/mol. The summed E-state index contributed by atoms with van der Waals surface area (Å²) in [6.45, 7) is 7.59. The zero-order valence-electron chi connectivity index (χ0n) is 14.0. The summed E-state index contributed by atoms with van der Waals surface area (Å²) in [5.74, 6) is 1.51. The SMILES string of the molecule is COc1cccc(CC(=O)NCC2CCN(C(C)C)CC2)c1. The van der Waals surface area contributed by atoms with Crippen molar-refractivity contribution in [3.63, 3.8) is 0 Å². The maximum atomic E-state index is 12.1. The molecule has 0 radical (unpaired) electrons. The molecule has 1 aliphatic rings. The first-order valence-corrected chi connectivity index (χ1v) is 8.22. The number of nitrogens with one attached hydrogen (secondary N) is 1. The number of piperidine rings is 1. The van der Waals surface area contributed by atoms with Crippen molar-refractivity contribution in [2.45, 2.75) is 39.2 Å². The van der Waals surface area contributed by atoms with Gasteiger partial charge in [0.1, 0.15) is 5.75 Å². The molecule has 2 rings (SSSR count). The normalized spacial score (nSPS) is 16.7. The summed E-state index contributed by atoms with van der Waals surface area (Å²) >= 11 is 0. The Hall–Kier alpha value is -1.55. The highest BCUT2D eigenvalue weighted by molar-refractivity contribution is 5.78. The molecule has 0 saturated carbocycles. The van der Waals surface area contributed by atoms with Gasteiger partial charge in [0.05, 0.1) is 13.5 Å². The molecule has 1 N–H and O–H groups in total. The average Bonchev–Trinajstić information content (AvgIpc) is 2.53. The first-order chi connectivity index (χ1) is 10.6. The van der Waals surface area contributed by atoms with E-state index in [-0.39, 0.29) is 5.91 Å². The van der Waals surface area contributed by atoms with Gasteiger partial charge in [0, 0.05) is 12.6 Å². The second kappa shape index (κ2) is 8.18. The molecule has 1 aromatic carbocycles. The van der Waals surface area contributed by atoms with Crippen molar-refractivity contribution in [3.05, 3.63) is 29.8 Å². The Morgan fingerprint density at radius 1 is 1.36 bits per heavy atom. The van der Waals surface area contributed by atoms with Crippen LogP contribution in [0.3, 0.4) is 0 Å². The van der Waals surface area contributed by atoms with Gasteiger partial charge in [-0.3, -0.25) is 4.79 Å². The van der Waals surface area contributed by atoms with E-state index in [9.17, 15) is 4.79 Å². The Balaban J connectivity index is 1.72. The van der Waals surface area contributed by atoms with E-state index in [0.717, 1.165) is 30.9 Å². The lowest BCUT2D eigenvalue weighted by Gasteiger charge is -2.34. The summed E-state index contributed by atoms with van der Waals surface area (Å²) in [5.41, 5.74) is 0.992. The molecule has 0 bridgehead atoms. The van der Waals surface area contributed by atoms with E-state index >= 15 is 0 Å². The maximum absolute atomic E-state index is 12.1. The van der Waals surface area contributed by atoms with Crippen molar-refractivity contribution in [2.75, 3.05) is 26.7 Å². The Kier molecular flexibility index (Phi) is 6.25. The number of carbonyl (C=O) groups excluding carboxylic acids is 1. The number of nitrogens with zero attached hydrogens (tertiary/aromatic N) is 1. The van der Waals surface area contributed by atoms with Crippen LogP contribution in [0.4, 0.5) is 0 Å². The van der Waals surface area contributed by atoms with Crippen LogP contribution in [0.25, 0.3) is 0 Å². The van der Waals surface area contributed by atoms with Crippen LogP contribution in [0.15, 0.2) is 24.3 Å². The summed E-state index contributed by atoms with van der Waals surface area (Å²) < 4.78 is 5.18. The Morgan fingerprint density at radius 3 is 2.73 bits per heavy atom. The van der Waals surface area contributed by atoms with Gasteiger partial charge in [0.15, 0.2) is 0 Å². The van der Waals surface area contributed by atoms with Gasteiger partial charge < -0.3 is 15.0 Å². The minimum Gasteiger partial charge on any atom is -0.497 e. The summed E-state index contributed by atoms with van der Waals surface area (Å²) in [6.07, 6.45) is 2.78. The number of benzene rings is 1. The van der Waals surface area contributed by atoms with E-state index in [4.69, 9.17) is 4.74 Å². The monoisotopic (exact) mass is 304 g/mol. The molecular formula is C18H28N2O2. The van der Waals surface area contributed by atoms with Crippen molar-refractivity contribution in [1.29, 1.82) is 0 Å². The van der Waals surface area contributed by atoms with Crippen LogP contribution in [-0.4, -0.2) is 43.6 Å². The summed E-state index contributed by atoms with van der Waals surface area (Å²) in [7, 11) is 1.64.